The monoisotopic (exact) mass is 471 g/mol. The highest BCUT2D eigenvalue weighted by Crippen LogP contribution is 2.37. The van der Waals surface area contributed by atoms with Gasteiger partial charge >= 0.3 is 6.18 Å². The zero-order chi connectivity index (χ0) is 24.0. The van der Waals surface area contributed by atoms with E-state index >= 15 is 0 Å². The molecule has 0 amide bonds. The molecule has 5 rings (SSSR count). The van der Waals surface area contributed by atoms with Gasteiger partial charge in [0.05, 0.1) is 30.2 Å². The summed E-state index contributed by atoms with van der Waals surface area (Å²) in [6.45, 7) is 0.851. The topological polar surface area (TPSA) is 67.6 Å². The number of hydrogen-bond acceptors (Lipinski definition) is 5. The second kappa shape index (κ2) is 8.47. The lowest BCUT2D eigenvalue weighted by Gasteiger charge is -2.22. The summed E-state index contributed by atoms with van der Waals surface area (Å²) in [6, 6.07) is 10.8. The van der Waals surface area contributed by atoms with Gasteiger partial charge in [-0.2, -0.15) is 23.0 Å². The van der Waals surface area contributed by atoms with Crippen LogP contribution in [0.4, 0.5) is 18.9 Å². The van der Waals surface area contributed by atoms with Crippen LogP contribution in [0.5, 0.6) is 5.75 Å². The Morgan fingerprint density at radius 1 is 1.09 bits per heavy atom. The molecule has 2 aliphatic rings. The molecule has 0 unspecified atom stereocenters. The van der Waals surface area contributed by atoms with Crippen molar-refractivity contribution in [3.8, 4) is 22.7 Å². The maximum absolute atomic E-state index is 14.0. The highest BCUT2D eigenvalue weighted by atomic mass is 19.4. The van der Waals surface area contributed by atoms with Gasteiger partial charge in [-0.3, -0.25) is 4.79 Å². The number of fused-ring (bicyclic) bond motifs is 1. The first-order valence-corrected chi connectivity index (χ1v) is 11.2. The molecule has 1 atom stereocenters. The van der Waals surface area contributed by atoms with Gasteiger partial charge in [-0.1, -0.05) is 0 Å². The summed E-state index contributed by atoms with van der Waals surface area (Å²) in [7, 11) is 1.55. The number of anilines is 1. The molecule has 9 heteroatoms. The van der Waals surface area contributed by atoms with E-state index in [4.69, 9.17) is 4.74 Å². The summed E-state index contributed by atoms with van der Waals surface area (Å²) < 4.78 is 48.1. The normalized spacial score (nSPS) is 17.8. The molecule has 1 aliphatic heterocycles. The second-order valence-electron chi connectivity index (χ2n) is 8.69. The van der Waals surface area contributed by atoms with Gasteiger partial charge in [0.2, 0.25) is 0 Å². The lowest BCUT2D eigenvalue weighted by molar-refractivity contribution is -0.137. The Kier molecular flexibility index (Phi) is 5.59. The summed E-state index contributed by atoms with van der Waals surface area (Å²) in [6.07, 6.45) is -2.77. The van der Waals surface area contributed by atoms with Crippen molar-refractivity contribution in [1.82, 2.24) is 9.78 Å². The number of aromatic nitrogens is 2. The summed E-state index contributed by atoms with van der Waals surface area (Å²) in [4.78, 5) is 15.2. The molecule has 2 aromatic carbocycles. The van der Waals surface area contributed by atoms with Crippen molar-refractivity contribution < 1.29 is 23.0 Å². The minimum Gasteiger partial charge on any atom is -0.497 e. The molecule has 1 aromatic heterocycles. The zero-order valence-corrected chi connectivity index (χ0v) is 18.6. The average molecular weight is 471 g/mol. The van der Waals surface area contributed by atoms with Crippen molar-refractivity contribution in [2.24, 2.45) is 0 Å². The minimum atomic E-state index is -4.67. The van der Waals surface area contributed by atoms with Crippen molar-refractivity contribution in [1.29, 1.82) is 0 Å². The number of β-amino-alcohol motifs (C(OH)–C–C–N with tert-alkyl or cyclic N) is 1. The maximum atomic E-state index is 14.0. The van der Waals surface area contributed by atoms with Crippen LogP contribution in [-0.2, 0) is 19.0 Å². The van der Waals surface area contributed by atoms with Gasteiger partial charge < -0.3 is 14.7 Å². The highest BCUT2D eigenvalue weighted by Gasteiger charge is 2.36. The fourth-order valence-electron chi connectivity index (χ4n) is 4.83. The Hall–Kier alpha value is -3.33. The van der Waals surface area contributed by atoms with Gasteiger partial charge in [0.25, 0.3) is 5.56 Å². The number of alkyl halides is 3. The molecule has 2 heterocycles. The molecule has 1 saturated heterocycles. The van der Waals surface area contributed by atoms with Crippen LogP contribution in [-0.4, -0.2) is 41.2 Å². The predicted octanol–water partition coefficient (Wildman–Crippen LogP) is 3.99. The lowest BCUT2D eigenvalue weighted by Crippen LogP contribution is -2.29. The number of nitrogens with zero attached hydrogens (tertiary/aromatic N) is 3. The Morgan fingerprint density at radius 3 is 2.47 bits per heavy atom. The van der Waals surface area contributed by atoms with Gasteiger partial charge in [-0.25, -0.2) is 0 Å². The number of rotatable bonds is 4. The van der Waals surface area contributed by atoms with Crippen LogP contribution in [0.15, 0.2) is 47.3 Å². The van der Waals surface area contributed by atoms with Crippen LogP contribution < -0.4 is 15.2 Å². The molecule has 0 spiro atoms. The van der Waals surface area contributed by atoms with Crippen molar-refractivity contribution in [3.05, 3.63) is 69.5 Å². The van der Waals surface area contributed by atoms with Crippen LogP contribution in [0.3, 0.4) is 0 Å². The maximum Gasteiger partial charge on any atom is 0.418 e. The molecule has 34 heavy (non-hydrogen) atoms. The van der Waals surface area contributed by atoms with E-state index in [9.17, 15) is 23.1 Å². The molecule has 6 nitrogen and oxygen atoms in total. The van der Waals surface area contributed by atoms with E-state index in [0.29, 0.717) is 60.6 Å². The first-order valence-electron chi connectivity index (χ1n) is 11.2. The predicted molar refractivity (Wildman–Crippen MR) is 122 cm³/mol. The van der Waals surface area contributed by atoms with Gasteiger partial charge in [0.15, 0.2) is 0 Å². The van der Waals surface area contributed by atoms with E-state index < -0.39 is 23.4 Å². The molecule has 1 aliphatic carbocycles. The number of halogens is 3. The quantitative estimate of drug-likeness (QED) is 0.624. The van der Waals surface area contributed by atoms with E-state index in [2.05, 4.69) is 5.10 Å². The van der Waals surface area contributed by atoms with Crippen LogP contribution in [0.1, 0.15) is 29.5 Å². The third kappa shape index (κ3) is 3.94. The number of ether oxygens (including phenoxy) is 1. The minimum absolute atomic E-state index is 0.305. The smallest absolute Gasteiger partial charge is 0.418 e. The fourth-order valence-corrected chi connectivity index (χ4v) is 4.83. The van der Waals surface area contributed by atoms with E-state index in [1.54, 1.807) is 31.4 Å². The summed E-state index contributed by atoms with van der Waals surface area (Å²) >= 11 is 0. The van der Waals surface area contributed by atoms with Gasteiger partial charge in [-0.05, 0) is 73.7 Å². The van der Waals surface area contributed by atoms with Gasteiger partial charge in [-0.15, -0.1) is 0 Å². The van der Waals surface area contributed by atoms with Gasteiger partial charge in [0, 0.05) is 29.9 Å². The Labute approximate surface area is 194 Å². The van der Waals surface area contributed by atoms with E-state index in [1.807, 2.05) is 4.90 Å². The van der Waals surface area contributed by atoms with Crippen LogP contribution in [0.25, 0.3) is 16.9 Å². The zero-order valence-electron chi connectivity index (χ0n) is 18.6. The molecule has 0 radical (unpaired) electrons. The third-order valence-corrected chi connectivity index (χ3v) is 6.56. The molecule has 3 aromatic rings. The SMILES string of the molecule is COc1ccc(-c2nn(-c3cc(N4CC[C@H](O)C4)ccc3C(F)(F)F)c(=O)c3c2CCC3)cc1. The van der Waals surface area contributed by atoms with E-state index in [1.165, 1.54) is 12.1 Å². The Balaban J connectivity index is 1.72. The van der Waals surface area contributed by atoms with E-state index in [0.717, 1.165) is 22.7 Å². The number of hydrogen-bond donors (Lipinski definition) is 1. The summed E-state index contributed by atoms with van der Waals surface area (Å²) in [5, 5.41) is 14.4. The molecular formula is C25H24F3N3O3. The van der Waals surface area contributed by atoms with Crippen LogP contribution in [0, 0.1) is 0 Å². The largest absolute Gasteiger partial charge is 0.497 e. The van der Waals surface area contributed by atoms with Crippen molar-refractivity contribution in [2.45, 2.75) is 38.0 Å². The van der Waals surface area contributed by atoms with Crippen LogP contribution in [0.2, 0.25) is 0 Å². The summed E-state index contributed by atoms with van der Waals surface area (Å²) in [5.41, 5.74) is 1.28. The fraction of sp³-hybridized carbons (Fsp3) is 0.360. The Bertz CT molecular complexity index is 1290. The summed E-state index contributed by atoms with van der Waals surface area (Å²) in [5.74, 6) is 0.647. The van der Waals surface area contributed by atoms with Crippen molar-refractivity contribution in [3.63, 3.8) is 0 Å². The number of aliphatic hydroxyl groups excluding tert-OH is 1. The average Bonchev–Trinajstić information content (AvgIpc) is 3.48. The number of benzene rings is 2. The number of methoxy groups -OCH3 is 1. The van der Waals surface area contributed by atoms with E-state index in [-0.39, 0.29) is 5.69 Å². The van der Waals surface area contributed by atoms with Crippen molar-refractivity contribution in [2.75, 3.05) is 25.1 Å². The first-order chi connectivity index (χ1) is 16.3. The molecule has 1 fully saturated rings. The molecule has 178 valence electrons. The highest BCUT2D eigenvalue weighted by molar-refractivity contribution is 5.66. The number of aliphatic hydroxyl groups is 1. The lowest BCUT2D eigenvalue weighted by atomic mass is 10.0. The van der Waals surface area contributed by atoms with Gasteiger partial charge in [0.1, 0.15) is 5.75 Å². The molecule has 0 saturated carbocycles. The first kappa shape index (κ1) is 22.5. The van der Waals surface area contributed by atoms with Crippen LogP contribution >= 0.6 is 0 Å². The second-order valence-corrected chi connectivity index (χ2v) is 8.69. The Morgan fingerprint density at radius 2 is 1.82 bits per heavy atom. The molecular weight excluding hydrogens is 447 g/mol. The molecule has 0 bridgehead atoms. The standard InChI is InChI=1S/C25H24F3N3O3/c1-34-18-8-5-15(6-9-18)23-19-3-2-4-20(19)24(33)31(29-23)22-13-16(30-12-11-17(32)14-30)7-10-21(22)25(26,27)28/h5-10,13,17,32H,2-4,11-12,14H2,1H3/t17-/m0/s1. The van der Waals surface area contributed by atoms with Crippen molar-refractivity contribution >= 4 is 5.69 Å². The third-order valence-electron chi connectivity index (χ3n) is 6.56. The molecule has 1 N–H and O–H groups in total.